The standard InChI is InChI=1S/C12H16N2/c1-9-6-11-10(13-8-9)7-12(14(11)2)4-3-5-12/h6,8H,3-5,7H2,1-2H3. The van der Waals surface area contributed by atoms with E-state index in [2.05, 4.69) is 29.9 Å². The van der Waals surface area contributed by atoms with E-state index in [9.17, 15) is 0 Å². The molecule has 0 bridgehead atoms. The van der Waals surface area contributed by atoms with Crippen LogP contribution in [-0.4, -0.2) is 17.6 Å². The summed E-state index contributed by atoms with van der Waals surface area (Å²) in [5.41, 5.74) is 4.39. The van der Waals surface area contributed by atoms with Crippen LogP contribution >= 0.6 is 0 Å². The van der Waals surface area contributed by atoms with Crippen molar-refractivity contribution in [3.8, 4) is 0 Å². The number of pyridine rings is 1. The Balaban J connectivity index is 2.06. The van der Waals surface area contributed by atoms with Gasteiger partial charge in [-0.05, 0) is 37.8 Å². The minimum Gasteiger partial charge on any atom is -0.367 e. The van der Waals surface area contributed by atoms with Crippen LogP contribution in [0.3, 0.4) is 0 Å². The molecule has 74 valence electrons. The molecule has 2 aliphatic rings. The van der Waals surface area contributed by atoms with Crippen molar-refractivity contribution in [2.24, 2.45) is 0 Å². The van der Waals surface area contributed by atoms with Crippen LogP contribution in [0.25, 0.3) is 0 Å². The van der Waals surface area contributed by atoms with E-state index in [1.807, 2.05) is 6.20 Å². The first-order valence-electron chi connectivity index (χ1n) is 5.41. The predicted octanol–water partition coefficient (Wildman–Crippen LogP) is 2.31. The molecule has 3 rings (SSSR count). The van der Waals surface area contributed by atoms with E-state index in [-0.39, 0.29) is 0 Å². The highest BCUT2D eigenvalue weighted by Crippen LogP contribution is 2.48. The zero-order chi connectivity index (χ0) is 9.76. The van der Waals surface area contributed by atoms with Gasteiger partial charge in [0.05, 0.1) is 11.4 Å². The predicted molar refractivity (Wildman–Crippen MR) is 57.7 cm³/mol. The highest BCUT2D eigenvalue weighted by atomic mass is 15.2. The van der Waals surface area contributed by atoms with E-state index < -0.39 is 0 Å². The number of likely N-dealkylation sites (N-methyl/N-ethyl adjacent to an activating group) is 1. The molecule has 1 fully saturated rings. The first kappa shape index (κ1) is 8.27. The van der Waals surface area contributed by atoms with Gasteiger partial charge in [-0.3, -0.25) is 4.98 Å². The number of aryl methyl sites for hydroxylation is 1. The van der Waals surface area contributed by atoms with E-state index in [1.165, 1.54) is 42.6 Å². The van der Waals surface area contributed by atoms with E-state index in [4.69, 9.17) is 0 Å². The lowest BCUT2D eigenvalue weighted by atomic mass is 9.75. The summed E-state index contributed by atoms with van der Waals surface area (Å²) >= 11 is 0. The summed E-state index contributed by atoms with van der Waals surface area (Å²) in [5.74, 6) is 0. The Bertz CT molecular complexity index is 380. The smallest absolute Gasteiger partial charge is 0.0660 e. The Morgan fingerprint density at radius 2 is 2.21 bits per heavy atom. The second-order valence-corrected chi connectivity index (χ2v) is 4.79. The fourth-order valence-electron chi connectivity index (χ4n) is 2.79. The summed E-state index contributed by atoms with van der Waals surface area (Å²) in [7, 11) is 2.23. The van der Waals surface area contributed by atoms with E-state index in [0.717, 1.165) is 0 Å². The summed E-state index contributed by atoms with van der Waals surface area (Å²) in [4.78, 5) is 7.01. The second kappa shape index (κ2) is 2.50. The molecule has 0 N–H and O–H groups in total. The van der Waals surface area contributed by atoms with Gasteiger partial charge in [-0.25, -0.2) is 0 Å². The van der Waals surface area contributed by atoms with Crippen molar-refractivity contribution in [1.29, 1.82) is 0 Å². The lowest BCUT2D eigenvalue weighted by Gasteiger charge is -2.45. The number of aromatic nitrogens is 1. The Kier molecular flexibility index (Phi) is 1.48. The fraction of sp³-hybridized carbons (Fsp3) is 0.583. The molecule has 0 unspecified atom stereocenters. The molecule has 0 radical (unpaired) electrons. The fourth-order valence-corrected chi connectivity index (χ4v) is 2.79. The molecule has 0 atom stereocenters. The van der Waals surface area contributed by atoms with Crippen LogP contribution in [0.2, 0.25) is 0 Å². The maximum absolute atomic E-state index is 4.54. The first-order chi connectivity index (χ1) is 6.71. The molecular weight excluding hydrogens is 172 g/mol. The first-order valence-corrected chi connectivity index (χ1v) is 5.41. The van der Waals surface area contributed by atoms with Crippen LogP contribution in [0.4, 0.5) is 5.69 Å². The van der Waals surface area contributed by atoms with Gasteiger partial charge in [-0.2, -0.15) is 0 Å². The SMILES string of the molecule is Cc1cnc2c(c1)N(C)C1(CCC1)C2. The second-order valence-electron chi connectivity index (χ2n) is 4.79. The minimum atomic E-state index is 0.448. The van der Waals surface area contributed by atoms with Crippen molar-refractivity contribution < 1.29 is 0 Å². The molecule has 1 aliphatic heterocycles. The number of hydrogen-bond donors (Lipinski definition) is 0. The normalized spacial score (nSPS) is 22.3. The van der Waals surface area contributed by atoms with Gasteiger partial charge in [0.15, 0.2) is 0 Å². The van der Waals surface area contributed by atoms with Gasteiger partial charge in [0, 0.05) is 25.2 Å². The number of anilines is 1. The molecule has 1 saturated carbocycles. The van der Waals surface area contributed by atoms with Gasteiger partial charge in [0.2, 0.25) is 0 Å². The third-order valence-corrected chi connectivity index (χ3v) is 3.94. The molecular formula is C12H16N2. The Labute approximate surface area is 85.0 Å². The summed E-state index contributed by atoms with van der Waals surface area (Å²) in [5, 5.41) is 0. The largest absolute Gasteiger partial charge is 0.367 e. The minimum absolute atomic E-state index is 0.448. The maximum Gasteiger partial charge on any atom is 0.0660 e. The van der Waals surface area contributed by atoms with Crippen LogP contribution < -0.4 is 4.90 Å². The molecule has 1 aromatic rings. The quantitative estimate of drug-likeness (QED) is 0.621. The Morgan fingerprint density at radius 1 is 1.43 bits per heavy atom. The van der Waals surface area contributed by atoms with Crippen molar-refractivity contribution in [1.82, 2.24) is 4.98 Å². The highest BCUT2D eigenvalue weighted by Gasteiger charge is 2.46. The molecule has 0 saturated heterocycles. The van der Waals surface area contributed by atoms with Gasteiger partial charge in [0.25, 0.3) is 0 Å². The van der Waals surface area contributed by atoms with Crippen LogP contribution in [0.15, 0.2) is 12.3 Å². The Hall–Kier alpha value is -1.05. The lowest BCUT2D eigenvalue weighted by molar-refractivity contribution is 0.249. The van der Waals surface area contributed by atoms with Gasteiger partial charge in [0.1, 0.15) is 0 Å². The molecule has 0 amide bonds. The van der Waals surface area contributed by atoms with Gasteiger partial charge >= 0.3 is 0 Å². The lowest BCUT2D eigenvalue weighted by Crippen LogP contribution is -2.50. The van der Waals surface area contributed by atoms with Crippen molar-refractivity contribution in [3.05, 3.63) is 23.5 Å². The molecule has 1 aromatic heterocycles. The monoisotopic (exact) mass is 188 g/mol. The van der Waals surface area contributed by atoms with Crippen LogP contribution in [0.5, 0.6) is 0 Å². The van der Waals surface area contributed by atoms with Crippen molar-refractivity contribution >= 4 is 5.69 Å². The van der Waals surface area contributed by atoms with Gasteiger partial charge in [-0.1, -0.05) is 0 Å². The van der Waals surface area contributed by atoms with Crippen LogP contribution in [0.1, 0.15) is 30.5 Å². The number of hydrogen-bond acceptors (Lipinski definition) is 2. The van der Waals surface area contributed by atoms with E-state index in [1.54, 1.807) is 0 Å². The van der Waals surface area contributed by atoms with Gasteiger partial charge < -0.3 is 4.90 Å². The van der Waals surface area contributed by atoms with Crippen LogP contribution in [0, 0.1) is 6.92 Å². The molecule has 2 nitrogen and oxygen atoms in total. The van der Waals surface area contributed by atoms with E-state index >= 15 is 0 Å². The summed E-state index contributed by atoms with van der Waals surface area (Å²) < 4.78 is 0. The molecule has 14 heavy (non-hydrogen) atoms. The third kappa shape index (κ3) is 0.887. The number of rotatable bonds is 0. The molecule has 1 aliphatic carbocycles. The average Bonchev–Trinajstić information content (AvgIpc) is 2.40. The number of fused-ring (bicyclic) bond motifs is 1. The molecule has 1 spiro atoms. The molecule has 0 aromatic carbocycles. The van der Waals surface area contributed by atoms with Crippen molar-refractivity contribution in [2.75, 3.05) is 11.9 Å². The van der Waals surface area contributed by atoms with Crippen LogP contribution in [-0.2, 0) is 6.42 Å². The zero-order valence-corrected chi connectivity index (χ0v) is 8.88. The molecule has 2 heteroatoms. The van der Waals surface area contributed by atoms with E-state index in [0.29, 0.717) is 5.54 Å². The average molecular weight is 188 g/mol. The van der Waals surface area contributed by atoms with Gasteiger partial charge in [-0.15, -0.1) is 0 Å². The zero-order valence-electron chi connectivity index (χ0n) is 8.88. The van der Waals surface area contributed by atoms with Crippen molar-refractivity contribution in [2.45, 2.75) is 38.1 Å². The summed E-state index contributed by atoms with van der Waals surface area (Å²) in [6, 6.07) is 2.27. The number of nitrogens with zero attached hydrogens (tertiary/aromatic N) is 2. The highest BCUT2D eigenvalue weighted by molar-refractivity contribution is 5.60. The maximum atomic E-state index is 4.54. The van der Waals surface area contributed by atoms with Crippen molar-refractivity contribution in [3.63, 3.8) is 0 Å². The summed E-state index contributed by atoms with van der Waals surface area (Å²) in [6.45, 7) is 2.12. The molecule has 2 heterocycles. The summed E-state index contributed by atoms with van der Waals surface area (Å²) in [6.07, 6.45) is 7.23. The Morgan fingerprint density at radius 3 is 2.86 bits per heavy atom. The third-order valence-electron chi connectivity index (χ3n) is 3.94. The topological polar surface area (TPSA) is 16.1 Å².